The number of nitro groups is 1. The molecule has 21 heavy (non-hydrogen) atoms. The van der Waals surface area contributed by atoms with Gasteiger partial charge in [0, 0.05) is 24.7 Å². The van der Waals surface area contributed by atoms with Crippen LogP contribution in [0.5, 0.6) is 0 Å². The number of hydrogen-bond acceptors (Lipinski definition) is 5. The molecule has 1 aromatic carbocycles. The fourth-order valence-corrected chi connectivity index (χ4v) is 1.55. The normalized spacial score (nSPS) is 10.6. The summed E-state index contributed by atoms with van der Waals surface area (Å²) in [6.07, 6.45) is 1.72. The third-order valence-electron chi connectivity index (χ3n) is 2.43. The van der Waals surface area contributed by atoms with E-state index in [0.29, 0.717) is 18.8 Å². The van der Waals surface area contributed by atoms with Gasteiger partial charge in [-0.25, -0.2) is 0 Å². The van der Waals surface area contributed by atoms with Gasteiger partial charge in [0.15, 0.2) is 0 Å². The van der Waals surface area contributed by atoms with Gasteiger partial charge in [-0.2, -0.15) is 5.26 Å². The van der Waals surface area contributed by atoms with Crippen LogP contribution in [-0.2, 0) is 4.79 Å². The number of nitrogens with one attached hydrogen (secondary N) is 2. The predicted octanol–water partition coefficient (Wildman–Crippen LogP) is 2.16. The number of carbonyl (C=O) groups is 1. The highest BCUT2D eigenvalue weighted by Gasteiger charge is 2.12. The fourth-order valence-electron chi connectivity index (χ4n) is 1.42. The third-order valence-corrected chi connectivity index (χ3v) is 2.70. The largest absolute Gasteiger partial charge is 0.355 e. The van der Waals surface area contributed by atoms with Gasteiger partial charge in [-0.05, 0) is 12.5 Å². The van der Waals surface area contributed by atoms with Crippen LogP contribution in [0.25, 0.3) is 0 Å². The maximum absolute atomic E-state index is 11.7. The minimum absolute atomic E-state index is 0.145. The van der Waals surface area contributed by atoms with Gasteiger partial charge < -0.3 is 10.6 Å². The predicted molar refractivity (Wildman–Crippen MR) is 78.8 cm³/mol. The lowest BCUT2D eigenvalue weighted by Gasteiger charge is -2.04. The summed E-state index contributed by atoms with van der Waals surface area (Å²) in [4.78, 5) is 21.9. The molecule has 0 aliphatic heterocycles. The number of para-hydroxylation sites is 2. The molecule has 1 aromatic rings. The zero-order valence-electron chi connectivity index (χ0n) is 11.0. The number of alkyl halides is 1. The van der Waals surface area contributed by atoms with E-state index in [1.165, 1.54) is 18.2 Å². The number of nitro benzene ring substituents is 1. The van der Waals surface area contributed by atoms with E-state index in [-0.39, 0.29) is 16.9 Å². The molecule has 0 atom stereocenters. The van der Waals surface area contributed by atoms with Crippen LogP contribution in [0.2, 0.25) is 0 Å². The maximum Gasteiger partial charge on any atom is 0.292 e. The monoisotopic (exact) mass is 308 g/mol. The summed E-state index contributed by atoms with van der Waals surface area (Å²) >= 11 is 5.48. The summed E-state index contributed by atoms with van der Waals surface area (Å²) in [6.45, 7) is 0.354. The lowest BCUT2D eigenvalue weighted by atomic mass is 10.2. The molecule has 0 unspecified atom stereocenters. The van der Waals surface area contributed by atoms with Gasteiger partial charge >= 0.3 is 0 Å². The molecule has 0 bridgehead atoms. The molecule has 8 heteroatoms. The van der Waals surface area contributed by atoms with Gasteiger partial charge in [0.25, 0.3) is 11.6 Å². The van der Waals surface area contributed by atoms with E-state index in [9.17, 15) is 14.9 Å². The van der Waals surface area contributed by atoms with E-state index in [1.807, 2.05) is 0 Å². The minimum atomic E-state index is -0.561. The number of carbonyl (C=O) groups excluding carboxylic acids is 1. The SMILES string of the molecule is N#C/C(=C/Nc1ccccc1[N+](=O)[O-])C(=O)NCCCCl. The second-order valence-electron chi connectivity index (χ2n) is 3.89. The molecule has 0 heterocycles. The lowest BCUT2D eigenvalue weighted by Crippen LogP contribution is -2.26. The molecule has 0 aliphatic carbocycles. The standard InChI is InChI=1S/C13H13ClN4O3/c14-6-3-7-16-13(19)10(8-15)9-17-11-4-1-2-5-12(11)18(20)21/h1-2,4-5,9,17H,3,6-7H2,(H,16,19)/b10-9-. The lowest BCUT2D eigenvalue weighted by molar-refractivity contribution is -0.383. The summed E-state index contributed by atoms with van der Waals surface area (Å²) in [5, 5.41) is 24.9. The molecular weight excluding hydrogens is 296 g/mol. The van der Waals surface area contributed by atoms with E-state index in [1.54, 1.807) is 12.1 Å². The van der Waals surface area contributed by atoms with E-state index in [2.05, 4.69) is 10.6 Å². The highest BCUT2D eigenvalue weighted by atomic mass is 35.5. The first kappa shape index (κ1) is 16.5. The molecule has 0 aliphatic rings. The summed E-state index contributed by atoms with van der Waals surface area (Å²) in [5.41, 5.74) is -0.125. The summed E-state index contributed by atoms with van der Waals surface area (Å²) in [6, 6.07) is 7.67. The van der Waals surface area contributed by atoms with Crippen LogP contribution < -0.4 is 10.6 Å². The number of halogens is 1. The van der Waals surface area contributed by atoms with Gasteiger partial charge in [0.1, 0.15) is 17.3 Å². The van der Waals surface area contributed by atoms with Crippen molar-refractivity contribution >= 4 is 28.9 Å². The van der Waals surface area contributed by atoms with Gasteiger partial charge in [0.05, 0.1) is 4.92 Å². The summed E-state index contributed by atoms with van der Waals surface area (Å²) < 4.78 is 0. The number of anilines is 1. The molecule has 0 fully saturated rings. The van der Waals surface area contributed by atoms with Crippen LogP contribution in [0.1, 0.15) is 6.42 Å². The zero-order valence-corrected chi connectivity index (χ0v) is 11.8. The Morgan fingerprint density at radius 1 is 1.48 bits per heavy atom. The van der Waals surface area contributed by atoms with Gasteiger partial charge in [-0.1, -0.05) is 12.1 Å². The Hall–Kier alpha value is -2.59. The highest BCUT2D eigenvalue weighted by molar-refractivity contribution is 6.17. The van der Waals surface area contributed by atoms with Crippen molar-refractivity contribution in [3.63, 3.8) is 0 Å². The van der Waals surface area contributed by atoms with Crippen molar-refractivity contribution in [1.82, 2.24) is 5.32 Å². The van der Waals surface area contributed by atoms with E-state index >= 15 is 0 Å². The summed E-state index contributed by atoms with van der Waals surface area (Å²) in [5.74, 6) is -0.158. The molecule has 2 N–H and O–H groups in total. The molecule has 110 valence electrons. The summed E-state index contributed by atoms with van der Waals surface area (Å²) in [7, 11) is 0. The van der Waals surface area contributed by atoms with Crippen LogP contribution >= 0.6 is 11.6 Å². The van der Waals surface area contributed by atoms with Gasteiger partial charge in [-0.3, -0.25) is 14.9 Å². The second kappa shape index (κ2) is 8.55. The number of rotatable bonds is 7. The van der Waals surface area contributed by atoms with Gasteiger partial charge in [0.2, 0.25) is 0 Å². The molecule has 1 amide bonds. The van der Waals surface area contributed by atoms with Crippen LogP contribution in [0.4, 0.5) is 11.4 Å². The maximum atomic E-state index is 11.7. The molecule has 1 rings (SSSR count). The van der Waals surface area contributed by atoms with Crippen molar-refractivity contribution in [2.24, 2.45) is 0 Å². The molecule has 0 spiro atoms. The van der Waals surface area contributed by atoms with Crippen molar-refractivity contribution in [2.75, 3.05) is 17.7 Å². The van der Waals surface area contributed by atoms with E-state index in [4.69, 9.17) is 16.9 Å². The highest BCUT2D eigenvalue weighted by Crippen LogP contribution is 2.23. The van der Waals surface area contributed by atoms with Crippen molar-refractivity contribution in [1.29, 1.82) is 5.26 Å². The Balaban J connectivity index is 2.80. The average Bonchev–Trinajstić information content (AvgIpc) is 2.48. The van der Waals surface area contributed by atoms with Crippen LogP contribution in [-0.4, -0.2) is 23.3 Å². The molecule has 0 saturated carbocycles. The number of hydrogen-bond donors (Lipinski definition) is 2. The molecule has 7 nitrogen and oxygen atoms in total. The Bertz CT molecular complexity index is 595. The third kappa shape index (κ3) is 5.12. The quantitative estimate of drug-likeness (QED) is 0.200. The van der Waals surface area contributed by atoms with Crippen LogP contribution in [0.3, 0.4) is 0 Å². The van der Waals surface area contributed by atoms with E-state index < -0.39 is 10.8 Å². The fraction of sp³-hybridized carbons (Fsp3) is 0.231. The Labute approximate surface area is 126 Å². The van der Waals surface area contributed by atoms with Crippen LogP contribution in [0, 0.1) is 21.4 Å². The number of nitriles is 1. The topological polar surface area (TPSA) is 108 Å². The molecule has 0 saturated heterocycles. The first-order chi connectivity index (χ1) is 10.1. The van der Waals surface area contributed by atoms with Gasteiger partial charge in [-0.15, -0.1) is 11.6 Å². The molecule has 0 radical (unpaired) electrons. The smallest absolute Gasteiger partial charge is 0.292 e. The van der Waals surface area contributed by atoms with Crippen molar-refractivity contribution in [3.05, 3.63) is 46.2 Å². The Morgan fingerprint density at radius 2 is 2.19 bits per heavy atom. The number of benzene rings is 1. The minimum Gasteiger partial charge on any atom is -0.355 e. The first-order valence-corrected chi connectivity index (χ1v) is 6.58. The molecule has 0 aromatic heterocycles. The zero-order chi connectivity index (χ0) is 15.7. The second-order valence-corrected chi connectivity index (χ2v) is 4.26. The molecular formula is C13H13ClN4O3. The van der Waals surface area contributed by atoms with Crippen molar-refractivity contribution in [2.45, 2.75) is 6.42 Å². The van der Waals surface area contributed by atoms with Crippen LogP contribution in [0.15, 0.2) is 36.0 Å². The van der Waals surface area contributed by atoms with Crippen molar-refractivity contribution in [3.8, 4) is 6.07 Å². The van der Waals surface area contributed by atoms with Crippen molar-refractivity contribution < 1.29 is 9.72 Å². The Kier molecular flexibility index (Phi) is 6.71. The average molecular weight is 309 g/mol. The Morgan fingerprint density at radius 3 is 2.81 bits per heavy atom. The number of amides is 1. The van der Waals surface area contributed by atoms with E-state index in [0.717, 1.165) is 6.20 Å². The number of nitrogens with zero attached hydrogens (tertiary/aromatic N) is 2. The first-order valence-electron chi connectivity index (χ1n) is 6.04.